The van der Waals surface area contributed by atoms with Crippen molar-refractivity contribution in [2.75, 3.05) is 26.3 Å². The molecule has 6 nitrogen and oxygen atoms in total. The van der Waals surface area contributed by atoms with Gasteiger partial charge in [0.1, 0.15) is 24.7 Å². The number of rotatable bonds is 7. The topological polar surface area (TPSA) is 81.9 Å². The lowest BCUT2D eigenvalue weighted by Crippen LogP contribution is -2.44. The summed E-state index contributed by atoms with van der Waals surface area (Å²) in [6, 6.07) is 16.6. The summed E-state index contributed by atoms with van der Waals surface area (Å²) in [5, 5.41) is 0. The first kappa shape index (κ1) is 18.8. The number of nitrogens with zero attached hydrogens (tertiary/aromatic N) is 1. The van der Waals surface area contributed by atoms with Crippen molar-refractivity contribution in [3.8, 4) is 11.5 Å². The van der Waals surface area contributed by atoms with Crippen molar-refractivity contribution in [3.05, 3.63) is 60.2 Å². The molecular formula is C21H24N2O4. The number of benzene rings is 2. The van der Waals surface area contributed by atoms with Crippen LogP contribution in [0.4, 0.5) is 0 Å². The highest BCUT2D eigenvalue weighted by atomic mass is 16.5. The van der Waals surface area contributed by atoms with E-state index >= 15 is 0 Å². The average Bonchev–Trinajstić information content (AvgIpc) is 2.72. The Balaban J connectivity index is 1.59. The lowest BCUT2D eigenvalue weighted by Gasteiger charge is -2.31. The molecule has 0 aromatic heterocycles. The first-order valence-corrected chi connectivity index (χ1v) is 9.13. The SMILES string of the molecule is NC(=O)C1CCCN(C(=O)c2ccccc2OCCOc2ccccc2)C1. The molecule has 1 saturated heterocycles. The number of ether oxygens (including phenoxy) is 2. The van der Waals surface area contributed by atoms with Crippen molar-refractivity contribution in [2.24, 2.45) is 11.7 Å². The molecule has 2 N–H and O–H groups in total. The lowest BCUT2D eigenvalue weighted by atomic mass is 9.97. The van der Waals surface area contributed by atoms with Crippen LogP contribution in [0, 0.1) is 5.92 Å². The maximum atomic E-state index is 12.9. The molecule has 1 fully saturated rings. The first-order chi connectivity index (χ1) is 13.1. The third kappa shape index (κ3) is 5.00. The quantitative estimate of drug-likeness (QED) is 0.761. The monoisotopic (exact) mass is 368 g/mol. The van der Waals surface area contributed by atoms with Gasteiger partial charge in [0, 0.05) is 13.1 Å². The summed E-state index contributed by atoms with van der Waals surface area (Å²) in [5.41, 5.74) is 5.90. The molecule has 1 aliphatic heterocycles. The van der Waals surface area contributed by atoms with Crippen LogP contribution in [-0.4, -0.2) is 43.0 Å². The first-order valence-electron chi connectivity index (χ1n) is 9.13. The molecule has 1 heterocycles. The maximum Gasteiger partial charge on any atom is 0.257 e. The van der Waals surface area contributed by atoms with E-state index in [1.54, 1.807) is 23.1 Å². The van der Waals surface area contributed by atoms with Crippen LogP contribution < -0.4 is 15.2 Å². The maximum absolute atomic E-state index is 12.9. The van der Waals surface area contributed by atoms with Gasteiger partial charge in [0.25, 0.3) is 5.91 Å². The third-order valence-corrected chi connectivity index (χ3v) is 4.58. The number of primary amides is 1. The van der Waals surface area contributed by atoms with Gasteiger partial charge in [-0.1, -0.05) is 30.3 Å². The van der Waals surface area contributed by atoms with Gasteiger partial charge >= 0.3 is 0 Å². The summed E-state index contributed by atoms with van der Waals surface area (Å²) in [5.74, 6) is 0.516. The molecule has 6 heteroatoms. The smallest absolute Gasteiger partial charge is 0.257 e. The summed E-state index contributed by atoms with van der Waals surface area (Å²) in [7, 11) is 0. The second-order valence-corrected chi connectivity index (χ2v) is 6.50. The Morgan fingerprint density at radius 1 is 1.00 bits per heavy atom. The van der Waals surface area contributed by atoms with E-state index in [0.717, 1.165) is 18.6 Å². The van der Waals surface area contributed by atoms with Gasteiger partial charge in [0.2, 0.25) is 5.91 Å². The summed E-state index contributed by atoms with van der Waals surface area (Å²) >= 11 is 0. The molecule has 0 spiro atoms. The second-order valence-electron chi connectivity index (χ2n) is 6.50. The molecule has 142 valence electrons. The zero-order valence-corrected chi connectivity index (χ0v) is 15.2. The Hall–Kier alpha value is -3.02. The minimum absolute atomic E-state index is 0.138. The van der Waals surface area contributed by atoms with Crippen LogP contribution in [0.25, 0.3) is 0 Å². The highest BCUT2D eigenvalue weighted by Gasteiger charge is 2.28. The summed E-state index contributed by atoms with van der Waals surface area (Å²) in [6.45, 7) is 1.68. The van der Waals surface area contributed by atoms with E-state index in [-0.39, 0.29) is 17.7 Å². The summed E-state index contributed by atoms with van der Waals surface area (Å²) in [6.07, 6.45) is 1.50. The molecule has 0 aliphatic carbocycles. The molecule has 1 atom stereocenters. The zero-order valence-electron chi connectivity index (χ0n) is 15.2. The Labute approximate surface area is 158 Å². The summed E-state index contributed by atoms with van der Waals surface area (Å²) < 4.78 is 11.4. The molecule has 2 amide bonds. The number of hydrogen-bond donors (Lipinski definition) is 1. The van der Waals surface area contributed by atoms with Gasteiger partial charge in [-0.2, -0.15) is 0 Å². The van der Waals surface area contributed by atoms with Gasteiger partial charge in [0.05, 0.1) is 11.5 Å². The van der Waals surface area contributed by atoms with E-state index in [2.05, 4.69) is 0 Å². The van der Waals surface area contributed by atoms with E-state index in [4.69, 9.17) is 15.2 Å². The van der Waals surface area contributed by atoms with Crippen LogP contribution in [0.1, 0.15) is 23.2 Å². The van der Waals surface area contributed by atoms with E-state index in [1.165, 1.54) is 0 Å². The van der Waals surface area contributed by atoms with Gasteiger partial charge < -0.3 is 20.1 Å². The number of hydrogen-bond acceptors (Lipinski definition) is 4. The predicted molar refractivity (Wildman–Crippen MR) is 102 cm³/mol. The number of amides is 2. The number of carbonyl (C=O) groups is 2. The molecule has 3 rings (SSSR count). The van der Waals surface area contributed by atoms with Crippen LogP contribution in [0.3, 0.4) is 0 Å². The Morgan fingerprint density at radius 3 is 2.48 bits per heavy atom. The van der Waals surface area contributed by atoms with Crippen molar-refractivity contribution in [3.63, 3.8) is 0 Å². The highest BCUT2D eigenvalue weighted by molar-refractivity contribution is 5.97. The van der Waals surface area contributed by atoms with Crippen LogP contribution in [-0.2, 0) is 4.79 Å². The fourth-order valence-electron chi connectivity index (χ4n) is 3.16. The number of carbonyl (C=O) groups excluding carboxylic acids is 2. The Morgan fingerprint density at radius 2 is 1.70 bits per heavy atom. The molecule has 27 heavy (non-hydrogen) atoms. The van der Waals surface area contributed by atoms with E-state index in [9.17, 15) is 9.59 Å². The van der Waals surface area contributed by atoms with Crippen molar-refractivity contribution in [1.29, 1.82) is 0 Å². The summed E-state index contributed by atoms with van der Waals surface area (Å²) in [4.78, 5) is 26.1. The Bertz CT molecular complexity index is 779. The van der Waals surface area contributed by atoms with Crippen molar-refractivity contribution in [1.82, 2.24) is 4.90 Å². The van der Waals surface area contributed by atoms with Gasteiger partial charge in [-0.05, 0) is 37.1 Å². The largest absolute Gasteiger partial charge is 0.490 e. The molecule has 0 saturated carbocycles. The average molecular weight is 368 g/mol. The molecule has 0 radical (unpaired) electrons. The molecule has 1 aliphatic rings. The van der Waals surface area contributed by atoms with Crippen molar-refractivity contribution < 1.29 is 19.1 Å². The number of para-hydroxylation sites is 2. The fraction of sp³-hybridized carbons (Fsp3) is 0.333. The van der Waals surface area contributed by atoms with Gasteiger partial charge in [0.15, 0.2) is 0 Å². The van der Waals surface area contributed by atoms with Crippen LogP contribution in [0.2, 0.25) is 0 Å². The molecular weight excluding hydrogens is 344 g/mol. The standard InChI is InChI=1S/C21H24N2O4/c22-20(24)16-7-6-12-23(15-16)21(25)18-10-4-5-11-19(18)27-14-13-26-17-8-2-1-3-9-17/h1-5,8-11,16H,6-7,12-15H2,(H2,22,24). The van der Waals surface area contributed by atoms with Crippen LogP contribution >= 0.6 is 0 Å². The third-order valence-electron chi connectivity index (χ3n) is 4.58. The van der Waals surface area contributed by atoms with Crippen LogP contribution in [0.15, 0.2) is 54.6 Å². The number of nitrogens with two attached hydrogens (primary N) is 1. The molecule has 0 bridgehead atoms. The van der Waals surface area contributed by atoms with E-state index in [0.29, 0.717) is 37.6 Å². The highest BCUT2D eigenvalue weighted by Crippen LogP contribution is 2.23. The predicted octanol–water partition coefficient (Wildman–Crippen LogP) is 2.48. The fourth-order valence-corrected chi connectivity index (χ4v) is 3.16. The van der Waals surface area contributed by atoms with Crippen molar-refractivity contribution in [2.45, 2.75) is 12.8 Å². The lowest BCUT2D eigenvalue weighted by molar-refractivity contribution is -0.123. The van der Waals surface area contributed by atoms with Gasteiger partial charge in [-0.3, -0.25) is 9.59 Å². The minimum atomic E-state index is -0.352. The molecule has 2 aromatic carbocycles. The van der Waals surface area contributed by atoms with Gasteiger partial charge in [-0.15, -0.1) is 0 Å². The number of piperidine rings is 1. The number of likely N-dealkylation sites (tertiary alicyclic amines) is 1. The Kier molecular flexibility index (Phi) is 6.30. The van der Waals surface area contributed by atoms with Gasteiger partial charge in [-0.25, -0.2) is 0 Å². The van der Waals surface area contributed by atoms with E-state index < -0.39 is 0 Å². The molecule has 2 aromatic rings. The minimum Gasteiger partial charge on any atom is -0.490 e. The molecule has 1 unspecified atom stereocenters. The second kappa shape index (κ2) is 9.07. The zero-order chi connectivity index (χ0) is 19.1. The normalized spacial score (nSPS) is 16.6. The van der Waals surface area contributed by atoms with Crippen LogP contribution in [0.5, 0.6) is 11.5 Å². The van der Waals surface area contributed by atoms with Crippen molar-refractivity contribution >= 4 is 11.8 Å². The van der Waals surface area contributed by atoms with E-state index in [1.807, 2.05) is 36.4 Å².